The van der Waals surface area contributed by atoms with Gasteiger partial charge in [-0.25, -0.2) is 24.5 Å². The van der Waals surface area contributed by atoms with Gasteiger partial charge in [0.2, 0.25) is 17.6 Å². The van der Waals surface area contributed by atoms with Crippen molar-refractivity contribution in [3.05, 3.63) is 57.4 Å². The third-order valence-electron chi connectivity index (χ3n) is 4.18. The predicted octanol–water partition coefficient (Wildman–Crippen LogP) is 7.03. The normalized spacial score (nSPS) is 10.2. The number of nitrogens with one attached hydrogen (secondary N) is 1. The van der Waals surface area contributed by atoms with Gasteiger partial charge in [-0.05, 0) is 59.7 Å². The van der Waals surface area contributed by atoms with Crippen LogP contribution in [0.1, 0.15) is 51.9 Å². The Morgan fingerprint density at radius 2 is 1.26 bits per heavy atom. The molecule has 0 spiro atoms. The number of nitrogens with zero attached hydrogens (tertiary/aromatic N) is 3. The molecule has 3 rings (SSSR count). The zero-order valence-corrected chi connectivity index (χ0v) is 26.3. The lowest BCUT2D eigenvalue weighted by Crippen LogP contribution is -2.27. The average molecular weight is 647 g/mol. The number of rotatable bonds is 8. The summed E-state index contributed by atoms with van der Waals surface area (Å²) in [6.45, 7) is 12.3. The third kappa shape index (κ3) is 13.7. The fourth-order valence-electron chi connectivity index (χ4n) is 2.63. The van der Waals surface area contributed by atoms with Crippen LogP contribution < -0.4 is 25.3 Å². The molecular weight excluding hydrogens is 613 g/mol. The van der Waals surface area contributed by atoms with Crippen molar-refractivity contribution in [1.29, 1.82) is 0 Å². The molecule has 12 nitrogen and oxygen atoms in total. The summed E-state index contributed by atoms with van der Waals surface area (Å²) in [5, 5.41) is 12.1. The summed E-state index contributed by atoms with van der Waals surface area (Å²) in [6, 6.07) is 4.48. The fraction of sp³-hybridized carbons (Fsp3) is 0.370. The van der Waals surface area contributed by atoms with Crippen LogP contribution in [0, 0.1) is 0 Å². The van der Waals surface area contributed by atoms with E-state index in [2.05, 4.69) is 20.3 Å². The number of carboxylic acids is 1. The van der Waals surface area contributed by atoms with Gasteiger partial charge in [0.1, 0.15) is 20.7 Å². The number of anilines is 2. The Hall–Kier alpha value is -3.74. The molecule has 0 bridgehead atoms. The van der Waals surface area contributed by atoms with Crippen molar-refractivity contribution in [2.45, 2.75) is 47.1 Å². The van der Waals surface area contributed by atoms with Gasteiger partial charge in [0.05, 0.1) is 49.2 Å². The van der Waals surface area contributed by atoms with E-state index in [-0.39, 0.29) is 16.5 Å². The van der Waals surface area contributed by atoms with Crippen LogP contribution in [-0.4, -0.2) is 57.5 Å². The number of hydrogen-bond acceptors (Lipinski definition) is 10. The van der Waals surface area contributed by atoms with Gasteiger partial charge in [-0.3, -0.25) is 5.32 Å². The van der Waals surface area contributed by atoms with Crippen molar-refractivity contribution in [3.63, 3.8) is 0 Å². The van der Waals surface area contributed by atoms with E-state index in [0.717, 1.165) is 0 Å². The van der Waals surface area contributed by atoms with Crippen molar-refractivity contribution >= 4 is 58.2 Å². The van der Waals surface area contributed by atoms with Crippen LogP contribution in [0.5, 0.6) is 17.6 Å². The van der Waals surface area contributed by atoms with Crippen molar-refractivity contribution in [3.8, 4) is 17.6 Å². The molecule has 0 saturated carbocycles. The van der Waals surface area contributed by atoms with E-state index in [0.29, 0.717) is 53.0 Å². The number of carbonyl (C=O) groups excluding carboxylic acids is 1. The molecule has 0 fully saturated rings. The summed E-state index contributed by atoms with van der Waals surface area (Å²) in [5.74, 6) is -0.0242. The molecular formula is C27H34Cl3N5O7. The molecule has 0 atom stereocenters. The maximum absolute atomic E-state index is 11.5. The van der Waals surface area contributed by atoms with Crippen LogP contribution in [0.3, 0.4) is 0 Å². The zero-order valence-electron chi connectivity index (χ0n) is 24.0. The number of hydrogen-bond donors (Lipinski definition) is 3. The van der Waals surface area contributed by atoms with Gasteiger partial charge >= 0.3 is 12.1 Å². The van der Waals surface area contributed by atoms with Gasteiger partial charge < -0.3 is 29.8 Å². The molecule has 0 aliphatic carbocycles. The standard InChI is InChI=1S/C12H17ClN2O3.C8H8ClNO3.C7H9ClN2O/c1-5-17-10-9(13)6-8(7-14-10)15-11(16)18-12(2,3)4;1-2-13-7-6(9)3-5(4-10-7)8(11)12;1-2-11-7-6(8)3-5(9)4-10-7/h6-7H,5H2,1-4H3,(H,15,16);3-4H,2H2,1H3,(H,11,12);3-4H,2,9H2,1H3. The molecule has 3 aromatic heterocycles. The molecule has 42 heavy (non-hydrogen) atoms. The highest BCUT2D eigenvalue weighted by Gasteiger charge is 2.17. The molecule has 0 unspecified atom stereocenters. The molecule has 0 saturated heterocycles. The van der Waals surface area contributed by atoms with E-state index in [1.54, 1.807) is 39.8 Å². The monoisotopic (exact) mass is 645 g/mol. The highest BCUT2D eigenvalue weighted by atomic mass is 35.5. The second-order valence-electron chi connectivity index (χ2n) is 8.81. The van der Waals surface area contributed by atoms with E-state index in [9.17, 15) is 9.59 Å². The molecule has 4 N–H and O–H groups in total. The number of nitrogen functional groups attached to an aromatic ring is 1. The lowest BCUT2D eigenvalue weighted by molar-refractivity contribution is 0.0634. The highest BCUT2D eigenvalue weighted by Crippen LogP contribution is 2.25. The molecule has 3 aromatic rings. The van der Waals surface area contributed by atoms with E-state index in [4.69, 9.17) is 64.6 Å². The predicted molar refractivity (Wildman–Crippen MR) is 162 cm³/mol. The SMILES string of the molecule is CCOc1ncc(C(=O)O)cc1Cl.CCOc1ncc(N)cc1Cl.CCOc1ncc(NC(=O)OC(C)(C)C)cc1Cl. The second kappa shape index (κ2) is 17.9. The second-order valence-corrected chi connectivity index (χ2v) is 10.0. The van der Waals surface area contributed by atoms with Crippen LogP contribution in [0.15, 0.2) is 36.8 Å². The molecule has 3 heterocycles. The van der Waals surface area contributed by atoms with Crippen LogP contribution in [0.2, 0.25) is 15.1 Å². The summed E-state index contributed by atoms with van der Waals surface area (Å²) in [5.41, 5.74) is 5.92. The first kappa shape index (κ1) is 36.3. The molecule has 15 heteroatoms. The summed E-state index contributed by atoms with van der Waals surface area (Å²) < 4.78 is 20.4. The van der Waals surface area contributed by atoms with Crippen molar-refractivity contribution in [1.82, 2.24) is 15.0 Å². The van der Waals surface area contributed by atoms with Gasteiger partial charge in [-0.1, -0.05) is 34.8 Å². The number of carboxylic acid groups (broad SMARTS) is 1. The first-order chi connectivity index (χ1) is 19.7. The van der Waals surface area contributed by atoms with Crippen LogP contribution >= 0.6 is 34.8 Å². The maximum atomic E-state index is 11.5. The van der Waals surface area contributed by atoms with Gasteiger partial charge in [0.15, 0.2) is 0 Å². The fourth-order valence-corrected chi connectivity index (χ4v) is 3.30. The number of halogens is 3. The Balaban J connectivity index is 0.000000326. The summed E-state index contributed by atoms with van der Waals surface area (Å²) >= 11 is 17.4. The molecule has 0 aliphatic rings. The van der Waals surface area contributed by atoms with Crippen molar-refractivity contribution < 1.29 is 33.6 Å². The Labute approximate surface area is 259 Å². The number of aromatic nitrogens is 3. The number of nitrogens with two attached hydrogens (primary N) is 1. The Morgan fingerprint density at radius 3 is 1.67 bits per heavy atom. The van der Waals surface area contributed by atoms with Crippen molar-refractivity contribution in [2.24, 2.45) is 0 Å². The lowest BCUT2D eigenvalue weighted by Gasteiger charge is -2.19. The molecule has 1 amide bonds. The largest absolute Gasteiger partial charge is 0.478 e. The minimum Gasteiger partial charge on any atom is -0.478 e. The van der Waals surface area contributed by atoms with E-state index in [1.165, 1.54) is 24.7 Å². The summed E-state index contributed by atoms with van der Waals surface area (Å²) in [7, 11) is 0. The smallest absolute Gasteiger partial charge is 0.412 e. The van der Waals surface area contributed by atoms with Gasteiger partial charge in [0, 0.05) is 6.20 Å². The average Bonchev–Trinajstić information content (AvgIpc) is 2.88. The Kier molecular flexibility index (Phi) is 15.5. The molecule has 0 radical (unpaired) electrons. The Morgan fingerprint density at radius 1 is 0.810 bits per heavy atom. The number of carbonyl (C=O) groups is 2. The van der Waals surface area contributed by atoms with Gasteiger partial charge in [-0.2, -0.15) is 0 Å². The third-order valence-corrected chi connectivity index (χ3v) is 4.99. The van der Waals surface area contributed by atoms with Crippen LogP contribution in [0.25, 0.3) is 0 Å². The summed E-state index contributed by atoms with van der Waals surface area (Å²) in [4.78, 5) is 33.6. The van der Waals surface area contributed by atoms with Gasteiger partial charge in [0.25, 0.3) is 0 Å². The first-order valence-corrected chi connectivity index (χ1v) is 13.7. The minimum absolute atomic E-state index is 0.0495. The van der Waals surface area contributed by atoms with E-state index >= 15 is 0 Å². The van der Waals surface area contributed by atoms with Gasteiger partial charge in [-0.15, -0.1) is 0 Å². The number of ether oxygens (including phenoxy) is 4. The topological polar surface area (TPSA) is 168 Å². The van der Waals surface area contributed by atoms with Crippen LogP contribution in [0.4, 0.5) is 16.2 Å². The van der Waals surface area contributed by atoms with Crippen LogP contribution in [-0.2, 0) is 4.74 Å². The molecule has 0 aromatic carbocycles. The minimum atomic E-state index is -1.06. The maximum Gasteiger partial charge on any atom is 0.412 e. The quantitative estimate of drug-likeness (QED) is 0.230. The van der Waals surface area contributed by atoms with E-state index in [1.807, 2.05) is 13.8 Å². The highest BCUT2D eigenvalue weighted by molar-refractivity contribution is 6.32. The number of amides is 1. The lowest BCUT2D eigenvalue weighted by atomic mass is 10.2. The summed E-state index contributed by atoms with van der Waals surface area (Å²) in [6.07, 6.45) is 3.63. The number of pyridine rings is 3. The molecule has 230 valence electrons. The number of aromatic carboxylic acids is 1. The Bertz CT molecular complexity index is 1320. The zero-order chi connectivity index (χ0) is 31.9. The molecule has 0 aliphatic heterocycles. The van der Waals surface area contributed by atoms with E-state index < -0.39 is 17.7 Å². The first-order valence-electron chi connectivity index (χ1n) is 12.5. The van der Waals surface area contributed by atoms with Crippen molar-refractivity contribution in [2.75, 3.05) is 30.9 Å².